The zero-order valence-corrected chi connectivity index (χ0v) is 10.1. The molecule has 0 amide bonds. The number of ketones is 1. The molecule has 0 saturated carbocycles. The lowest BCUT2D eigenvalue weighted by Crippen LogP contribution is -2.30. The first-order chi connectivity index (χ1) is 8.00. The van der Waals surface area contributed by atoms with E-state index >= 15 is 0 Å². The lowest BCUT2D eigenvalue weighted by Gasteiger charge is -2.27. The van der Waals surface area contributed by atoms with Crippen LogP contribution in [0.2, 0.25) is 0 Å². The van der Waals surface area contributed by atoms with E-state index in [0.717, 1.165) is 16.9 Å². The molecule has 0 fully saturated rings. The van der Waals surface area contributed by atoms with Gasteiger partial charge in [-0.1, -0.05) is 12.1 Å². The lowest BCUT2D eigenvalue weighted by atomic mass is 9.83. The van der Waals surface area contributed by atoms with Crippen LogP contribution in [0.1, 0.15) is 25.3 Å². The van der Waals surface area contributed by atoms with E-state index < -0.39 is 5.60 Å². The molecule has 17 heavy (non-hydrogen) atoms. The number of methoxy groups -OCH3 is 1. The lowest BCUT2D eigenvalue weighted by molar-refractivity contribution is -0.119. The molecule has 1 atom stereocenters. The van der Waals surface area contributed by atoms with Crippen molar-refractivity contribution >= 4 is 11.4 Å². The van der Waals surface area contributed by atoms with Gasteiger partial charge in [0.15, 0.2) is 5.78 Å². The van der Waals surface area contributed by atoms with E-state index in [1.54, 1.807) is 20.1 Å². The molecular formula is C14H16O3. The largest absolute Gasteiger partial charge is 0.497 e. The minimum Gasteiger partial charge on any atom is -0.497 e. The number of allylic oxidation sites excluding steroid dienone is 1. The highest BCUT2D eigenvalue weighted by Crippen LogP contribution is 2.32. The number of carbonyl (C=O) groups is 1. The Labute approximate surface area is 101 Å². The summed E-state index contributed by atoms with van der Waals surface area (Å²) in [5.74, 6) is 0.760. The topological polar surface area (TPSA) is 46.5 Å². The van der Waals surface area contributed by atoms with Gasteiger partial charge in [-0.2, -0.15) is 0 Å². The Bertz CT molecular complexity index is 455. The van der Waals surface area contributed by atoms with Crippen LogP contribution in [0.4, 0.5) is 0 Å². The summed E-state index contributed by atoms with van der Waals surface area (Å²) < 4.78 is 5.08. The van der Waals surface area contributed by atoms with E-state index in [2.05, 4.69) is 0 Å². The summed E-state index contributed by atoms with van der Waals surface area (Å²) in [6.45, 7) is 1.70. The molecule has 0 radical (unpaired) electrons. The highest BCUT2D eigenvalue weighted by molar-refractivity contribution is 5.99. The summed E-state index contributed by atoms with van der Waals surface area (Å²) in [5, 5.41) is 9.99. The third-order valence-corrected chi connectivity index (χ3v) is 2.92. The van der Waals surface area contributed by atoms with Gasteiger partial charge in [0, 0.05) is 12.8 Å². The molecule has 3 heteroatoms. The Morgan fingerprint density at radius 3 is 2.41 bits per heavy atom. The first-order valence-corrected chi connectivity index (χ1v) is 5.60. The molecule has 0 bridgehead atoms. The average Bonchev–Trinajstić information content (AvgIpc) is 2.26. The number of aliphatic hydroxyl groups is 1. The molecule has 0 aliphatic heterocycles. The summed E-state index contributed by atoms with van der Waals surface area (Å²) in [6.07, 6.45) is 2.33. The molecule has 1 aliphatic carbocycles. The Morgan fingerprint density at radius 2 is 1.88 bits per heavy atom. The molecule has 0 spiro atoms. The van der Waals surface area contributed by atoms with Crippen LogP contribution in [-0.4, -0.2) is 23.6 Å². The van der Waals surface area contributed by atoms with E-state index in [-0.39, 0.29) is 12.2 Å². The fourth-order valence-electron chi connectivity index (χ4n) is 2.14. The summed E-state index contributed by atoms with van der Waals surface area (Å²) in [4.78, 5) is 11.5. The maximum Gasteiger partial charge on any atom is 0.158 e. The fourth-order valence-corrected chi connectivity index (χ4v) is 2.14. The quantitative estimate of drug-likeness (QED) is 0.850. The second-order valence-electron chi connectivity index (χ2n) is 4.71. The van der Waals surface area contributed by atoms with Gasteiger partial charge in [-0.3, -0.25) is 4.79 Å². The fraction of sp³-hybridized carbons (Fsp3) is 0.357. The van der Waals surface area contributed by atoms with Crippen LogP contribution in [-0.2, 0) is 4.79 Å². The van der Waals surface area contributed by atoms with Crippen LogP contribution in [0.15, 0.2) is 30.3 Å². The number of rotatable bonds is 2. The van der Waals surface area contributed by atoms with Gasteiger partial charge in [0.05, 0.1) is 12.7 Å². The van der Waals surface area contributed by atoms with Crippen LogP contribution >= 0.6 is 0 Å². The molecule has 2 rings (SSSR count). The van der Waals surface area contributed by atoms with Crippen molar-refractivity contribution in [3.63, 3.8) is 0 Å². The number of hydrogen-bond acceptors (Lipinski definition) is 3. The molecular weight excluding hydrogens is 216 g/mol. The van der Waals surface area contributed by atoms with E-state index in [4.69, 9.17) is 4.74 Å². The van der Waals surface area contributed by atoms with Crippen molar-refractivity contribution in [2.45, 2.75) is 25.4 Å². The maximum atomic E-state index is 11.5. The summed E-state index contributed by atoms with van der Waals surface area (Å²) in [7, 11) is 1.61. The van der Waals surface area contributed by atoms with Crippen molar-refractivity contribution in [1.82, 2.24) is 0 Å². The summed E-state index contributed by atoms with van der Waals surface area (Å²) in [5.41, 5.74) is 0.911. The highest BCUT2D eigenvalue weighted by Gasteiger charge is 2.29. The summed E-state index contributed by atoms with van der Waals surface area (Å²) >= 11 is 0. The Balaban J connectivity index is 2.29. The zero-order chi connectivity index (χ0) is 12.5. The molecule has 0 saturated heterocycles. The standard InChI is InChI=1S/C14H16O3/c1-14(16)8-11(7-12(15)9-14)10-3-5-13(17-2)6-4-10/h3-7,16H,8-9H2,1-2H3/t14-/m0/s1. The summed E-state index contributed by atoms with van der Waals surface area (Å²) in [6, 6.07) is 7.51. The van der Waals surface area contributed by atoms with Gasteiger partial charge in [-0.25, -0.2) is 0 Å². The van der Waals surface area contributed by atoms with Crippen molar-refractivity contribution in [2.24, 2.45) is 0 Å². The molecule has 0 heterocycles. The predicted molar refractivity (Wildman–Crippen MR) is 65.8 cm³/mol. The predicted octanol–water partition coefficient (Wildman–Crippen LogP) is 2.19. The van der Waals surface area contributed by atoms with Crippen LogP contribution in [0, 0.1) is 0 Å². The van der Waals surface area contributed by atoms with Crippen LogP contribution in [0.25, 0.3) is 5.57 Å². The van der Waals surface area contributed by atoms with Crippen molar-refractivity contribution < 1.29 is 14.6 Å². The normalized spacial score (nSPS) is 24.4. The second-order valence-corrected chi connectivity index (χ2v) is 4.71. The monoisotopic (exact) mass is 232 g/mol. The van der Waals surface area contributed by atoms with Gasteiger partial charge < -0.3 is 9.84 Å². The molecule has 1 aliphatic rings. The third kappa shape index (κ3) is 2.74. The maximum absolute atomic E-state index is 11.5. The molecule has 0 unspecified atom stereocenters. The third-order valence-electron chi connectivity index (χ3n) is 2.92. The average molecular weight is 232 g/mol. The van der Waals surface area contributed by atoms with Crippen molar-refractivity contribution in [1.29, 1.82) is 0 Å². The molecule has 3 nitrogen and oxygen atoms in total. The zero-order valence-electron chi connectivity index (χ0n) is 10.1. The number of hydrogen-bond donors (Lipinski definition) is 1. The first kappa shape index (κ1) is 11.9. The second kappa shape index (κ2) is 4.34. The van der Waals surface area contributed by atoms with Crippen LogP contribution in [0.3, 0.4) is 0 Å². The SMILES string of the molecule is COc1ccc(C2=CC(=O)C[C@@](C)(O)C2)cc1. The number of carbonyl (C=O) groups excluding carboxylic acids is 1. The minimum atomic E-state index is -0.929. The highest BCUT2D eigenvalue weighted by atomic mass is 16.5. The van der Waals surface area contributed by atoms with Crippen molar-refractivity contribution in [3.8, 4) is 5.75 Å². The molecule has 1 N–H and O–H groups in total. The van der Waals surface area contributed by atoms with Crippen LogP contribution < -0.4 is 4.74 Å². The number of ether oxygens (including phenoxy) is 1. The molecule has 0 aromatic heterocycles. The van der Waals surface area contributed by atoms with E-state index in [1.165, 1.54) is 0 Å². The molecule has 1 aromatic rings. The van der Waals surface area contributed by atoms with Gasteiger partial charge in [-0.15, -0.1) is 0 Å². The van der Waals surface area contributed by atoms with Gasteiger partial charge >= 0.3 is 0 Å². The van der Waals surface area contributed by atoms with Crippen molar-refractivity contribution in [2.75, 3.05) is 7.11 Å². The molecule has 90 valence electrons. The van der Waals surface area contributed by atoms with Crippen LogP contribution in [0.5, 0.6) is 5.75 Å². The van der Waals surface area contributed by atoms with E-state index in [0.29, 0.717) is 6.42 Å². The Hall–Kier alpha value is -1.61. The van der Waals surface area contributed by atoms with Gasteiger partial charge in [0.1, 0.15) is 5.75 Å². The van der Waals surface area contributed by atoms with E-state index in [1.807, 2.05) is 24.3 Å². The Kier molecular flexibility index (Phi) is 3.03. The molecule has 1 aromatic carbocycles. The smallest absolute Gasteiger partial charge is 0.158 e. The number of benzene rings is 1. The van der Waals surface area contributed by atoms with Gasteiger partial charge in [0.2, 0.25) is 0 Å². The minimum absolute atomic E-state index is 0.0212. The Morgan fingerprint density at radius 1 is 1.24 bits per heavy atom. The van der Waals surface area contributed by atoms with Crippen molar-refractivity contribution in [3.05, 3.63) is 35.9 Å². The first-order valence-electron chi connectivity index (χ1n) is 5.60. The van der Waals surface area contributed by atoms with Gasteiger partial charge in [0.25, 0.3) is 0 Å². The van der Waals surface area contributed by atoms with Gasteiger partial charge in [-0.05, 0) is 36.3 Å². The van der Waals surface area contributed by atoms with E-state index in [9.17, 15) is 9.90 Å².